The molecule has 0 fully saturated rings. The molecule has 0 unspecified atom stereocenters. The second kappa shape index (κ2) is 33.3. The van der Waals surface area contributed by atoms with Crippen LogP contribution in [0.3, 0.4) is 0 Å². The van der Waals surface area contributed by atoms with Crippen LogP contribution in [0.15, 0.2) is 0 Å². The van der Waals surface area contributed by atoms with Crippen LogP contribution in [-0.2, 0) is 29.2 Å². The van der Waals surface area contributed by atoms with Gasteiger partial charge in [-0.3, -0.25) is 9.11 Å². The Morgan fingerprint density at radius 1 is 0.472 bits per heavy atom. The molecule has 0 bridgehead atoms. The van der Waals surface area contributed by atoms with Gasteiger partial charge in [-0.2, -0.15) is 16.8 Å². The minimum atomic E-state index is -4.67. The molecule has 0 saturated carbocycles. The van der Waals surface area contributed by atoms with Crippen LogP contribution in [0.4, 0.5) is 0 Å². The first-order chi connectivity index (χ1) is 16.1. The van der Waals surface area contributed by atoms with Gasteiger partial charge in [0.15, 0.2) is 0 Å². The van der Waals surface area contributed by atoms with Crippen molar-refractivity contribution in [1.82, 2.24) is 0 Å². The van der Waals surface area contributed by atoms with E-state index in [4.69, 9.17) is 25.9 Å². The second-order valence-corrected chi connectivity index (χ2v) is 11.0. The summed E-state index contributed by atoms with van der Waals surface area (Å²) in [6, 6.07) is 0. The summed E-state index contributed by atoms with van der Waals surface area (Å²) in [5, 5.41) is 0. The van der Waals surface area contributed by atoms with Crippen LogP contribution in [0.25, 0.3) is 0 Å². The van der Waals surface area contributed by atoms with Crippen molar-refractivity contribution in [1.29, 1.82) is 0 Å². The van der Waals surface area contributed by atoms with Crippen LogP contribution in [0.1, 0.15) is 142 Å². The van der Waals surface area contributed by atoms with Crippen molar-refractivity contribution < 1.29 is 34.3 Å². The van der Waals surface area contributed by atoms with Gasteiger partial charge in [-0.1, -0.05) is 129 Å². The van der Waals surface area contributed by atoms with Crippen molar-refractivity contribution in [2.75, 3.05) is 13.2 Å². The van der Waals surface area contributed by atoms with Gasteiger partial charge in [-0.05, 0) is 12.8 Å². The molecule has 0 saturated heterocycles. The van der Waals surface area contributed by atoms with Crippen LogP contribution in [0.5, 0.6) is 0 Å². The average Bonchev–Trinajstić information content (AvgIpc) is 2.74. The maximum Gasteiger partial charge on any atom is 0.316 e. The van der Waals surface area contributed by atoms with Gasteiger partial charge in [0.25, 0.3) is 0 Å². The van der Waals surface area contributed by atoms with Crippen LogP contribution in [0, 0.1) is 0 Å². The zero-order valence-corrected chi connectivity index (χ0v) is 23.3. The standard InChI is InChI=1S/C24H50O4S.K.Mg.H2O4S.3H/c1-3-5-7-9-11-13-15-17-19-21-23-27-29(25,26)28-24-22-20-18-16-14-12-10-8-6-4-2;;;1-5(2,3)4;;;/h3-24H2,1-2H3;;;(H2,1,2,3,4);;;. The van der Waals surface area contributed by atoms with E-state index in [9.17, 15) is 8.42 Å². The van der Waals surface area contributed by atoms with Gasteiger partial charge >= 0.3 is 95.2 Å². The molecule has 0 heterocycles. The van der Waals surface area contributed by atoms with Crippen LogP contribution in [-0.4, -0.2) is 114 Å². The molecule has 0 aliphatic carbocycles. The van der Waals surface area contributed by atoms with Crippen molar-refractivity contribution in [3.05, 3.63) is 0 Å². The van der Waals surface area contributed by atoms with Crippen molar-refractivity contribution in [2.45, 2.75) is 142 Å². The van der Waals surface area contributed by atoms with Gasteiger partial charge in [-0.25, -0.2) is 8.37 Å². The number of rotatable bonds is 24. The number of hydrogen-bond acceptors (Lipinski definition) is 6. The van der Waals surface area contributed by atoms with Crippen LogP contribution in [0.2, 0.25) is 0 Å². The van der Waals surface area contributed by atoms with E-state index in [2.05, 4.69) is 13.8 Å². The molecule has 8 nitrogen and oxygen atoms in total. The molecule has 0 aliphatic heterocycles. The van der Waals surface area contributed by atoms with Crippen LogP contribution >= 0.6 is 0 Å². The van der Waals surface area contributed by atoms with E-state index in [1.54, 1.807) is 0 Å². The molecule has 0 aromatic carbocycles. The Balaban J connectivity index is -0.000000661. The summed E-state index contributed by atoms with van der Waals surface area (Å²) in [4.78, 5) is 0. The monoisotopic (exact) mass is 598 g/mol. The van der Waals surface area contributed by atoms with Gasteiger partial charge in [-0.15, -0.1) is 0 Å². The summed E-state index contributed by atoms with van der Waals surface area (Å²) in [5.74, 6) is 0. The summed E-state index contributed by atoms with van der Waals surface area (Å²) < 4.78 is 64.9. The Kier molecular flexibility index (Phi) is 41.8. The molecular formula is C24H55KMgO8S2. The molecule has 214 valence electrons. The van der Waals surface area contributed by atoms with E-state index in [1.165, 1.54) is 89.9 Å². The third kappa shape index (κ3) is 49.1. The molecule has 12 heteroatoms. The normalized spacial score (nSPS) is 11.2. The fourth-order valence-corrected chi connectivity index (χ4v) is 4.25. The topological polar surface area (TPSA) is 127 Å². The zero-order chi connectivity index (χ0) is 26.0. The molecule has 0 radical (unpaired) electrons. The second-order valence-electron chi connectivity index (χ2n) is 8.86. The molecule has 36 heavy (non-hydrogen) atoms. The van der Waals surface area contributed by atoms with E-state index >= 15 is 0 Å². The minimum Gasteiger partial charge on any atom is 0.316 e. The first kappa shape index (κ1) is 45.1. The Morgan fingerprint density at radius 3 is 0.889 bits per heavy atom. The van der Waals surface area contributed by atoms with Gasteiger partial charge in [0, 0.05) is 0 Å². The Bertz CT molecular complexity index is 580. The van der Waals surface area contributed by atoms with Crippen molar-refractivity contribution in [3.8, 4) is 0 Å². The first-order valence-electron chi connectivity index (χ1n) is 13.4. The molecule has 2 N–H and O–H groups in total. The van der Waals surface area contributed by atoms with E-state index < -0.39 is 20.8 Å². The molecule has 0 aromatic heterocycles. The Labute approximate surface area is 281 Å². The van der Waals surface area contributed by atoms with Crippen LogP contribution < -0.4 is 0 Å². The predicted octanol–water partition coefficient (Wildman–Crippen LogP) is 5.89. The number of hydrogen-bond donors (Lipinski definition) is 2. The summed E-state index contributed by atoms with van der Waals surface area (Å²) >= 11 is 0. The third-order valence-corrected chi connectivity index (χ3v) is 6.36. The largest absolute Gasteiger partial charge is 0.316 e. The van der Waals surface area contributed by atoms with Gasteiger partial charge in [0.05, 0.1) is 13.2 Å². The zero-order valence-electron chi connectivity index (χ0n) is 21.7. The molecule has 0 spiro atoms. The summed E-state index contributed by atoms with van der Waals surface area (Å²) in [6.07, 6.45) is 24.4. The smallest absolute Gasteiger partial charge is 0.316 e. The Hall–Kier alpha value is 2.14. The first-order valence-corrected chi connectivity index (χ1v) is 16.1. The minimum absolute atomic E-state index is 0. The van der Waals surface area contributed by atoms with Crippen molar-refractivity contribution in [2.24, 2.45) is 0 Å². The average molecular weight is 599 g/mol. The van der Waals surface area contributed by atoms with Crippen molar-refractivity contribution in [3.63, 3.8) is 0 Å². The third-order valence-electron chi connectivity index (χ3n) is 5.45. The summed E-state index contributed by atoms with van der Waals surface area (Å²) in [5.41, 5.74) is 0. The summed E-state index contributed by atoms with van der Waals surface area (Å²) in [6.45, 7) is 4.98. The quantitative estimate of drug-likeness (QED) is 0.0800. The maximum absolute atomic E-state index is 11.7. The molecular weight excluding hydrogens is 544 g/mol. The van der Waals surface area contributed by atoms with Crippen molar-refractivity contribution >= 4 is 95.2 Å². The van der Waals surface area contributed by atoms with E-state index in [1.807, 2.05) is 0 Å². The Morgan fingerprint density at radius 2 is 0.667 bits per heavy atom. The molecule has 0 aliphatic rings. The fourth-order valence-electron chi connectivity index (χ4n) is 3.53. The molecule has 0 rings (SSSR count). The molecule has 0 amide bonds. The fraction of sp³-hybridized carbons (Fsp3) is 1.00. The maximum atomic E-state index is 11.7. The van der Waals surface area contributed by atoms with E-state index in [-0.39, 0.29) is 87.7 Å². The number of unbranched alkanes of at least 4 members (excludes halogenated alkanes) is 18. The predicted molar refractivity (Wildman–Crippen MR) is 154 cm³/mol. The van der Waals surface area contributed by atoms with Gasteiger partial charge in [0.2, 0.25) is 0 Å². The SMILES string of the molecule is CCCCCCCCCCCCOS(=O)(=O)OCCCCCCCCCCCC.O=S(=O)(O)O.[KH].[MgH2]. The molecule has 0 aromatic rings. The van der Waals surface area contributed by atoms with E-state index in [0.717, 1.165) is 38.5 Å². The molecule has 0 atom stereocenters. The van der Waals surface area contributed by atoms with E-state index in [0.29, 0.717) is 0 Å². The van der Waals surface area contributed by atoms with Gasteiger partial charge in [0.1, 0.15) is 0 Å². The van der Waals surface area contributed by atoms with Gasteiger partial charge < -0.3 is 0 Å². The summed E-state index contributed by atoms with van der Waals surface area (Å²) in [7, 11) is -8.47.